The molecular formula is C20H33IN4O. The highest BCUT2D eigenvalue weighted by molar-refractivity contribution is 14.0. The fraction of sp³-hybridized carbons (Fsp3) is 0.500. The molecule has 0 saturated carbocycles. The summed E-state index contributed by atoms with van der Waals surface area (Å²) < 4.78 is 0. The molecule has 0 aromatic heterocycles. The number of nitrogens with one attached hydrogen (secondary N) is 2. The molecule has 1 unspecified atom stereocenters. The first-order valence-corrected chi connectivity index (χ1v) is 8.94. The first-order valence-electron chi connectivity index (χ1n) is 8.94. The van der Waals surface area contributed by atoms with Crippen molar-refractivity contribution in [1.82, 2.24) is 15.5 Å². The Morgan fingerprint density at radius 3 is 2.77 bits per heavy atom. The fourth-order valence-electron chi connectivity index (χ4n) is 2.38. The van der Waals surface area contributed by atoms with Crippen LogP contribution in [-0.2, 0) is 6.54 Å². The van der Waals surface area contributed by atoms with Crippen LogP contribution in [0, 0.1) is 0 Å². The first kappa shape index (κ1) is 24.4. The third-order valence-corrected chi connectivity index (χ3v) is 4.10. The maximum atomic E-state index is 12.2. The minimum atomic E-state index is -0.0258. The molecule has 1 aromatic rings. The quantitative estimate of drug-likeness (QED) is 0.189. The van der Waals surface area contributed by atoms with Crippen molar-refractivity contribution < 1.29 is 4.79 Å². The lowest BCUT2D eigenvalue weighted by Crippen LogP contribution is -2.39. The summed E-state index contributed by atoms with van der Waals surface area (Å²) in [7, 11) is 3.80. The van der Waals surface area contributed by atoms with Gasteiger partial charge in [0.2, 0.25) is 0 Å². The SMILES string of the molecule is C=CCCCN(C)C(=NC)NCc1cccc(C(=O)NC(C)CC)c1.I. The number of aliphatic imine (C=N–C) groups is 1. The predicted molar refractivity (Wildman–Crippen MR) is 121 cm³/mol. The monoisotopic (exact) mass is 472 g/mol. The zero-order valence-electron chi connectivity index (χ0n) is 16.4. The van der Waals surface area contributed by atoms with Crippen molar-refractivity contribution in [3.8, 4) is 0 Å². The Hall–Kier alpha value is -1.57. The summed E-state index contributed by atoms with van der Waals surface area (Å²) in [4.78, 5) is 18.7. The molecule has 1 aromatic carbocycles. The topological polar surface area (TPSA) is 56.7 Å². The van der Waals surface area contributed by atoms with Crippen LogP contribution in [0.3, 0.4) is 0 Å². The highest BCUT2D eigenvalue weighted by Gasteiger charge is 2.10. The number of nitrogens with zero attached hydrogens (tertiary/aromatic N) is 2. The van der Waals surface area contributed by atoms with Gasteiger partial charge in [-0.05, 0) is 43.9 Å². The lowest BCUT2D eigenvalue weighted by atomic mass is 10.1. The number of hydrogen-bond donors (Lipinski definition) is 2. The third-order valence-electron chi connectivity index (χ3n) is 4.10. The summed E-state index contributed by atoms with van der Waals surface area (Å²) in [6.07, 6.45) is 4.89. The van der Waals surface area contributed by atoms with Crippen LogP contribution in [0.2, 0.25) is 0 Å². The molecule has 0 aliphatic rings. The molecule has 2 N–H and O–H groups in total. The van der Waals surface area contributed by atoms with E-state index in [9.17, 15) is 4.79 Å². The molecule has 0 aliphatic heterocycles. The molecule has 0 heterocycles. The van der Waals surface area contributed by atoms with Gasteiger partial charge in [0.15, 0.2) is 5.96 Å². The average Bonchev–Trinajstić information content (AvgIpc) is 2.62. The zero-order valence-corrected chi connectivity index (χ0v) is 18.7. The maximum absolute atomic E-state index is 12.2. The van der Waals surface area contributed by atoms with Crippen LogP contribution in [0.15, 0.2) is 41.9 Å². The standard InChI is InChI=1S/C20H32N4O.HI/c1-6-8-9-13-24(5)20(21-4)22-15-17-11-10-12-18(14-17)19(25)23-16(3)7-2;/h6,10-12,14,16H,1,7-9,13,15H2,2-5H3,(H,21,22)(H,23,25);1H. The van der Waals surface area contributed by atoms with Gasteiger partial charge in [-0.3, -0.25) is 9.79 Å². The number of rotatable bonds is 9. The Balaban J connectivity index is 0.00000625. The van der Waals surface area contributed by atoms with Crippen molar-refractivity contribution in [3.05, 3.63) is 48.0 Å². The molecule has 1 amide bonds. The Labute approximate surface area is 175 Å². The number of benzene rings is 1. The average molecular weight is 472 g/mol. The van der Waals surface area contributed by atoms with Gasteiger partial charge in [-0.25, -0.2) is 0 Å². The molecule has 0 aliphatic carbocycles. The van der Waals surface area contributed by atoms with Crippen LogP contribution >= 0.6 is 24.0 Å². The van der Waals surface area contributed by atoms with E-state index >= 15 is 0 Å². The molecule has 0 bridgehead atoms. The van der Waals surface area contributed by atoms with Crippen molar-refractivity contribution >= 4 is 35.8 Å². The number of amides is 1. The predicted octanol–water partition coefficient (Wildman–Crippen LogP) is 3.81. The van der Waals surface area contributed by atoms with Crippen molar-refractivity contribution in [3.63, 3.8) is 0 Å². The second-order valence-electron chi connectivity index (χ2n) is 6.24. The lowest BCUT2D eigenvalue weighted by molar-refractivity contribution is 0.0939. The summed E-state index contributed by atoms with van der Waals surface area (Å²) >= 11 is 0. The number of guanidine groups is 1. The van der Waals surface area contributed by atoms with Crippen LogP contribution < -0.4 is 10.6 Å². The first-order chi connectivity index (χ1) is 12.0. The van der Waals surface area contributed by atoms with E-state index in [4.69, 9.17) is 0 Å². The molecule has 0 radical (unpaired) electrons. The normalized spacial score (nSPS) is 11.9. The van der Waals surface area contributed by atoms with Crippen molar-refractivity contribution in [2.75, 3.05) is 20.6 Å². The van der Waals surface area contributed by atoms with E-state index < -0.39 is 0 Å². The largest absolute Gasteiger partial charge is 0.352 e. The van der Waals surface area contributed by atoms with Gasteiger partial charge in [0.05, 0.1) is 0 Å². The van der Waals surface area contributed by atoms with Gasteiger partial charge in [-0.2, -0.15) is 0 Å². The van der Waals surface area contributed by atoms with E-state index in [-0.39, 0.29) is 35.9 Å². The van der Waals surface area contributed by atoms with Gasteiger partial charge in [-0.15, -0.1) is 30.6 Å². The van der Waals surface area contributed by atoms with E-state index in [1.807, 2.05) is 44.3 Å². The second kappa shape index (κ2) is 13.6. The summed E-state index contributed by atoms with van der Waals surface area (Å²) in [5, 5.41) is 6.35. The summed E-state index contributed by atoms with van der Waals surface area (Å²) in [6.45, 7) is 9.36. The van der Waals surface area contributed by atoms with Crippen molar-refractivity contribution in [2.24, 2.45) is 4.99 Å². The Kier molecular flexibility index (Phi) is 12.8. The van der Waals surface area contributed by atoms with Crippen LogP contribution in [0.25, 0.3) is 0 Å². The highest BCUT2D eigenvalue weighted by Crippen LogP contribution is 2.06. The number of unbranched alkanes of at least 4 members (excludes halogenated alkanes) is 1. The summed E-state index contributed by atoms with van der Waals surface area (Å²) in [5.74, 6) is 0.820. The summed E-state index contributed by atoms with van der Waals surface area (Å²) in [5.41, 5.74) is 1.74. The van der Waals surface area contributed by atoms with Gasteiger partial charge in [0, 0.05) is 38.8 Å². The van der Waals surface area contributed by atoms with Crippen molar-refractivity contribution in [2.45, 2.75) is 45.7 Å². The molecule has 26 heavy (non-hydrogen) atoms. The number of allylic oxidation sites excluding steroid dienone is 1. The van der Waals surface area contributed by atoms with Gasteiger partial charge >= 0.3 is 0 Å². The molecular weight excluding hydrogens is 439 g/mol. The van der Waals surface area contributed by atoms with Crippen LogP contribution in [0.4, 0.5) is 0 Å². The summed E-state index contributed by atoms with van der Waals surface area (Å²) in [6, 6.07) is 7.88. The minimum absolute atomic E-state index is 0. The van der Waals surface area contributed by atoms with Crippen LogP contribution in [0.5, 0.6) is 0 Å². The third kappa shape index (κ3) is 8.69. The maximum Gasteiger partial charge on any atom is 0.251 e. The van der Waals surface area contributed by atoms with E-state index in [1.165, 1.54) is 0 Å². The fourth-order valence-corrected chi connectivity index (χ4v) is 2.38. The molecule has 0 spiro atoms. The molecule has 0 fully saturated rings. The Morgan fingerprint density at radius 1 is 1.42 bits per heavy atom. The van der Waals surface area contributed by atoms with Crippen molar-refractivity contribution in [1.29, 1.82) is 0 Å². The molecule has 6 heteroatoms. The zero-order chi connectivity index (χ0) is 18.7. The number of hydrogen-bond acceptors (Lipinski definition) is 2. The van der Waals surface area contributed by atoms with Gasteiger partial charge in [0.25, 0.3) is 5.91 Å². The van der Waals surface area contributed by atoms with E-state index in [0.29, 0.717) is 12.1 Å². The molecule has 1 rings (SSSR count). The molecule has 1 atom stereocenters. The minimum Gasteiger partial charge on any atom is -0.352 e. The second-order valence-corrected chi connectivity index (χ2v) is 6.24. The van der Waals surface area contributed by atoms with E-state index in [2.05, 4.69) is 34.0 Å². The van der Waals surface area contributed by atoms with Gasteiger partial charge in [-0.1, -0.05) is 25.1 Å². The smallest absolute Gasteiger partial charge is 0.251 e. The van der Waals surface area contributed by atoms with Gasteiger partial charge in [0.1, 0.15) is 0 Å². The molecule has 5 nitrogen and oxygen atoms in total. The van der Waals surface area contributed by atoms with Crippen LogP contribution in [0.1, 0.15) is 49.0 Å². The van der Waals surface area contributed by atoms with Crippen LogP contribution in [-0.4, -0.2) is 43.4 Å². The Morgan fingerprint density at radius 2 is 2.15 bits per heavy atom. The molecule has 0 saturated heterocycles. The number of carbonyl (C=O) groups excluding carboxylic acids is 1. The number of carbonyl (C=O) groups is 1. The Bertz CT molecular complexity index is 589. The van der Waals surface area contributed by atoms with E-state index in [0.717, 1.165) is 37.3 Å². The van der Waals surface area contributed by atoms with E-state index in [1.54, 1.807) is 7.05 Å². The number of halogens is 1. The highest BCUT2D eigenvalue weighted by atomic mass is 127. The van der Waals surface area contributed by atoms with Gasteiger partial charge < -0.3 is 15.5 Å². The lowest BCUT2D eigenvalue weighted by Gasteiger charge is -2.22. The molecule has 146 valence electrons.